The lowest BCUT2D eigenvalue weighted by Gasteiger charge is -2.27. The molecule has 2 aliphatic heterocycles. The van der Waals surface area contributed by atoms with Crippen LogP contribution in [0, 0.1) is 0 Å². The van der Waals surface area contributed by atoms with Crippen LogP contribution in [-0.4, -0.2) is 49.7 Å². The molecule has 1 N–H and O–H groups in total. The lowest BCUT2D eigenvalue weighted by atomic mass is 10.1. The van der Waals surface area contributed by atoms with Crippen LogP contribution >= 0.6 is 0 Å². The molecule has 1 atom stereocenters. The van der Waals surface area contributed by atoms with E-state index < -0.39 is 0 Å². The van der Waals surface area contributed by atoms with Crippen LogP contribution in [0.4, 0.5) is 0 Å². The summed E-state index contributed by atoms with van der Waals surface area (Å²) in [6.07, 6.45) is 4.20. The predicted molar refractivity (Wildman–Crippen MR) is 57.7 cm³/mol. The molecule has 2 fully saturated rings. The Bertz CT molecular complexity index is 209. The van der Waals surface area contributed by atoms with Crippen molar-refractivity contribution in [2.45, 2.75) is 31.8 Å². The second kappa shape index (κ2) is 5.47. The predicted octanol–water partition coefficient (Wildman–Crippen LogP) is 0.377. The van der Waals surface area contributed by atoms with Gasteiger partial charge in [-0.25, -0.2) is 0 Å². The molecule has 1 unspecified atom stereocenters. The standard InChI is InChI=1S/C11H20N2O2/c14-11(13-7-5-12-6-8-13)4-3-10-2-1-9-15-10/h10,12H,1-9H2. The SMILES string of the molecule is O=C(CCC1CCCO1)N1CCNCC1. The molecule has 4 heteroatoms. The molecule has 0 bridgehead atoms. The Morgan fingerprint density at radius 2 is 2.20 bits per heavy atom. The third kappa shape index (κ3) is 3.18. The van der Waals surface area contributed by atoms with Crippen LogP contribution < -0.4 is 5.32 Å². The number of piperazine rings is 1. The Balaban J connectivity index is 1.66. The highest BCUT2D eigenvalue weighted by Gasteiger charge is 2.20. The number of ether oxygens (including phenoxy) is 1. The first-order chi connectivity index (χ1) is 7.36. The summed E-state index contributed by atoms with van der Waals surface area (Å²) in [6.45, 7) is 4.48. The summed E-state index contributed by atoms with van der Waals surface area (Å²) in [5.74, 6) is 0.298. The van der Waals surface area contributed by atoms with Crippen LogP contribution in [0.5, 0.6) is 0 Å². The van der Waals surface area contributed by atoms with E-state index in [9.17, 15) is 4.79 Å². The number of nitrogens with zero attached hydrogens (tertiary/aromatic N) is 1. The van der Waals surface area contributed by atoms with Crippen molar-refractivity contribution in [1.82, 2.24) is 10.2 Å². The van der Waals surface area contributed by atoms with Gasteiger partial charge >= 0.3 is 0 Å². The first kappa shape index (κ1) is 10.9. The number of amides is 1. The molecule has 0 aromatic heterocycles. The average molecular weight is 212 g/mol. The molecule has 0 saturated carbocycles. The Morgan fingerprint density at radius 3 is 2.87 bits per heavy atom. The van der Waals surface area contributed by atoms with E-state index in [0.717, 1.165) is 52.0 Å². The summed E-state index contributed by atoms with van der Waals surface area (Å²) in [4.78, 5) is 13.8. The fourth-order valence-corrected chi connectivity index (χ4v) is 2.23. The van der Waals surface area contributed by atoms with Gasteiger partial charge in [0.05, 0.1) is 6.10 Å². The summed E-state index contributed by atoms with van der Waals surface area (Å²) in [5, 5.41) is 3.25. The van der Waals surface area contributed by atoms with Crippen LogP contribution in [0.2, 0.25) is 0 Å². The quantitative estimate of drug-likeness (QED) is 0.735. The molecule has 86 valence electrons. The van der Waals surface area contributed by atoms with Gasteiger partial charge in [0.25, 0.3) is 0 Å². The number of hydrogen-bond donors (Lipinski definition) is 1. The molecule has 0 spiro atoms. The first-order valence-electron chi connectivity index (χ1n) is 5.96. The van der Waals surface area contributed by atoms with E-state index in [1.165, 1.54) is 0 Å². The fraction of sp³-hybridized carbons (Fsp3) is 0.909. The van der Waals surface area contributed by atoms with Crippen molar-refractivity contribution < 1.29 is 9.53 Å². The van der Waals surface area contributed by atoms with Crippen molar-refractivity contribution in [2.75, 3.05) is 32.8 Å². The van der Waals surface area contributed by atoms with Gasteiger partial charge in [-0.1, -0.05) is 0 Å². The second-order valence-electron chi connectivity index (χ2n) is 4.30. The topological polar surface area (TPSA) is 41.6 Å². The highest BCUT2D eigenvalue weighted by Crippen LogP contribution is 2.17. The second-order valence-corrected chi connectivity index (χ2v) is 4.30. The molecule has 0 aromatic carbocycles. The minimum absolute atomic E-state index is 0.298. The lowest BCUT2D eigenvalue weighted by Crippen LogP contribution is -2.46. The third-order valence-electron chi connectivity index (χ3n) is 3.17. The summed E-state index contributed by atoms with van der Waals surface area (Å²) >= 11 is 0. The van der Waals surface area contributed by atoms with Crippen molar-refractivity contribution in [3.63, 3.8) is 0 Å². The van der Waals surface area contributed by atoms with Crippen molar-refractivity contribution in [3.8, 4) is 0 Å². The minimum atomic E-state index is 0.298. The van der Waals surface area contributed by atoms with Gasteiger partial charge in [-0.05, 0) is 19.3 Å². The molecule has 2 saturated heterocycles. The summed E-state index contributed by atoms with van der Waals surface area (Å²) in [7, 11) is 0. The molecule has 0 aliphatic carbocycles. The molecule has 2 aliphatic rings. The Hall–Kier alpha value is -0.610. The van der Waals surface area contributed by atoms with Crippen LogP contribution in [0.25, 0.3) is 0 Å². The highest BCUT2D eigenvalue weighted by molar-refractivity contribution is 5.76. The zero-order chi connectivity index (χ0) is 10.5. The smallest absolute Gasteiger partial charge is 0.222 e. The van der Waals surface area contributed by atoms with Crippen LogP contribution in [0.15, 0.2) is 0 Å². The molecular weight excluding hydrogens is 192 g/mol. The van der Waals surface area contributed by atoms with Gasteiger partial charge in [-0.3, -0.25) is 4.79 Å². The maximum absolute atomic E-state index is 11.8. The van der Waals surface area contributed by atoms with Crippen molar-refractivity contribution >= 4 is 5.91 Å². The van der Waals surface area contributed by atoms with Crippen LogP contribution in [0.1, 0.15) is 25.7 Å². The molecule has 0 radical (unpaired) electrons. The number of rotatable bonds is 3. The zero-order valence-electron chi connectivity index (χ0n) is 9.21. The highest BCUT2D eigenvalue weighted by atomic mass is 16.5. The third-order valence-corrected chi connectivity index (χ3v) is 3.17. The Labute approximate surface area is 91.0 Å². The van der Waals surface area contributed by atoms with E-state index in [0.29, 0.717) is 18.4 Å². The number of carbonyl (C=O) groups excluding carboxylic acids is 1. The molecule has 1 amide bonds. The summed E-state index contributed by atoms with van der Waals surface area (Å²) < 4.78 is 5.51. The lowest BCUT2D eigenvalue weighted by molar-refractivity contribution is -0.132. The zero-order valence-corrected chi connectivity index (χ0v) is 9.21. The van der Waals surface area contributed by atoms with Crippen molar-refractivity contribution in [3.05, 3.63) is 0 Å². The van der Waals surface area contributed by atoms with Gasteiger partial charge < -0.3 is 15.0 Å². The number of hydrogen-bond acceptors (Lipinski definition) is 3. The largest absolute Gasteiger partial charge is 0.378 e. The van der Waals surface area contributed by atoms with Gasteiger partial charge in [0.15, 0.2) is 0 Å². The maximum atomic E-state index is 11.8. The first-order valence-corrected chi connectivity index (χ1v) is 5.96. The van der Waals surface area contributed by atoms with E-state index >= 15 is 0 Å². The maximum Gasteiger partial charge on any atom is 0.222 e. The Kier molecular flexibility index (Phi) is 3.97. The monoisotopic (exact) mass is 212 g/mol. The average Bonchev–Trinajstić information content (AvgIpc) is 2.80. The van der Waals surface area contributed by atoms with E-state index in [4.69, 9.17) is 4.74 Å². The summed E-state index contributed by atoms with van der Waals surface area (Å²) in [5.41, 5.74) is 0. The molecular formula is C11H20N2O2. The summed E-state index contributed by atoms with van der Waals surface area (Å²) in [6, 6.07) is 0. The normalized spacial score (nSPS) is 26.9. The van der Waals surface area contributed by atoms with E-state index in [1.54, 1.807) is 0 Å². The number of nitrogens with one attached hydrogen (secondary N) is 1. The van der Waals surface area contributed by atoms with Gasteiger partial charge in [0.2, 0.25) is 5.91 Å². The van der Waals surface area contributed by atoms with E-state index in [2.05, 4.69) is 5.32 Å². The van der Waals surface area contributed by atoms with Gasteiger partial charge in [0.1, 0.15) is 0 Å². The van der Waals surface area contributed by atoms with Gasteiger partial charge in [-0.2, -0.15) is 0 Å². The van der Waals surface area contributed by atoms with E-state index in [1.807, 2.05) is 4.90 Å². The van der Waals surface area contributed by atoms with E-state index in [-0.39, 0.29) is 0 Å². The van der Waals surface area contributed by atoms with Gasteiger partial charge in [-0.15, -0.1) is 0 Å². The van der Waals surface area contributed by atoms with Crippen molar-refractivity contribution in [2.24, 2.45) is 0 Å². The fourth-order valence-electron chi connectivity index (χ4n) is 2.23. The molecule has 2 heterocycles. The number of carbonyl (C=O) groups is 1. The molecule has 4 nitrogen and oxygen atoms in total. The van der Waals surface area contributed by atoms with Gasteiger partial charge in [0, 0.05) is 39.2 Å². The van der Waals surface area contributed by atoms with Crippen molar-refractivity contribution in [1.29, 1.82) is 0 Å². The van der Waals surface area contributed by atoms with Crippen LogP contribution in [0.3, 0.4) is 0 Å². The molecule has 2 rings (SSSR count). The minimum Gasteiger partial charge on any atom is -0.378 e. The molecule has 0 aromatic rings. The van der Waals surface area contributed by atoms with Crippen LogP contribution in [-0.2, 0) is 9.53 Å². The Morgan fingerprint density at radius 1 is 1.40 bits per heavy atom. The molecule has 15 heavy (non-hydrogen) atoms.